The summed E-state index contributed by atoms with van der Waals surface area (Å²) in [6.07, 6.45) is -0.779. The highest BCUT2D eigenvalue weighted by atomic mass is 31.2. The first kappa shape index (κ1) is 28.8. The summed E-state index contributed by atoms with van der Waals surface area (Å²) < 4.78 is 34.6. The van der Waals surface area contributed by atoms with E-state index in [0.29, 0.717) is 11.3 Å². The Balaban J connectivity index is 2.55. The van der Waals surface area contributed by atoms with Crippen molar-refractivity contribution in [3.8, 4) is 0 Å². The third-order valence-electron chi connectivity index (χ3n) is 5.19. The average molecular weight is 511 g/mol. The third kappa shape index (κ3) is 8.30. The molecule has 0 saturated heterocycles. The highest BCUT2D eigenvalue weighted by molar-refractivity contribution is 7.53. The minimum absolute atomic E-state index is 0.00234. The van der Waals surface area contributed by atoms with E-state index in [4.69, 9.17) is 23.5 Å². The molecule has 194 valence electrons. The van der Waals surface area contributed by atoms with E-state index >= 15 is 0 Å². The minimum atomic E-state index is -3.47. The monoisotopic (exact) mass is 510 g/mol. The molecular weight excluding hydrogens is 473 g/mol. The largest absolute Gasteiger partial charge is 0.467 e. The molecule has 0 aliphatic rings. The zero-order valence-electron chi connectivity index (χ0n) is 21.9. The van der Waals surface area contributed by atoms with Crippen LogP contribution >= 0.6 is 7.60 Å². The summed E-state index contributed by atoms with van der Waals surface area (Å²) in [5.41, 5.74) is 3.21. The molecule has 1 aromatic heterocycles. The molecule has 2 rings (SSSR count). The van der Waals surface area contributed by atoms with Crippen molar-refractivity contribution >= 4 is 30.6 Å². The number of pyridine rings is 1. The fraction of sp³-hybridized carbons (Fsp3) is 0.560. The van der Waals surface area contributed by atoms with Gasteiger partial charge in [-0.05, 0) is 83.4 Å². The van der Waals surface area contributed by atoms with E-state index in [-0.39, 0.29) is 25.8 Å². The lowest BCUT2D eigenvalue weighted by Gasteiger charge is -2.23. The molecule has 35 heavy (non-hydrogen) atoms. The summed E-state index contributed by atoms with van der Waals surface area (Å²) in [6, 6.07) is 4.78. The summed E-state index contributed by atoms with van der Waals surface area (Å²) in [4.78, 5) is 29.8. The van der Waals surface area contributed by atoms with Crippen molar-refractivity contribution in [1.29, 1.82) is 0 Å². The number of nitrogens with zero attached hydrogens (tertiary/aromatic N) is 1. The number of ether oxygens (including phenoxy) is 2. The first-order valence-electron chi connectivity index (χ1n) is 11.7. The normalized spacial score (nSPS) is 12.9. The van der Waals surface area contributed by atoms with Crippen LogP contribution in [0.2, 0.25) is 0 Å². The van der Waals surface area contributed by atoms with Gasteiger partial charge in [0.05, 0.1) is 32.0 Å². The molecule has 0 aliphatic carbocycles. The van der Waals surface area contributed by atoms with Gasteiger partial charge in [0.2, 0.25) is 0 Å². The predicted octanol–water partition coefficient (Wildman–Crippen LogP) is 5.23. The molecule has 2 aromatic rings. The molecule has 0 aliphatic heterocycles. The maximum Gasteiger partial charge on any atom is 0.408 e. The molecule has 0 spiro atoms. The number of aromatic nitrogens is 1. The molecule has 9 nitrogen and oxygen atoms in total. The van der Waals surface area contributed by atoms with Crippen LogP contribution < -0.4 is 5.32 Å². The number of aryl methyl sites for hydroxylation is 2. The van der Waals surface area contributed by atoms with Crippen LogP contribution in [0.25, 0.3) is 10.9 Å². The van der Waals surface area contributed by atoms with Crippen LogP contribution in [0.15, 0.2) is 18.2 Å². The molecule has 1 amide bonds. The molecule has 0 unspecified atom stereocenters. The maximum absolute atomic E-state index is 13.3. The van der Waals surface area contributed by atoms with Gasteiger partial charge in [0.1, 0.15) is 11.6 Å². The van der Waals surface area contributed by atoms with Gasteiger partial charge in [-0.3, -0.25) is 9.55 Å². The van der Waals surface area contributed by atoms with E-state index in [9.17, 15) is 14.2 Å². The van der Waals surface area contributed by atoms with Crippen molar-refractivity contribution in [2.24, 2.45) is 0 Å². The van der Waals surface area contributed by atoms with Crippen LogP contribution in [0.3, 0.4) is 0 Å². The van der Waals surface area contributed by atoms with E-state index in [1.165, 1.54) is 7.11 Å². The Labute approximate surface area is 207 Å². The molecule has 10 heteroatoms. The topological polar surface area (TPSA) is 113 Å². The second-order valence-electron chi connectivity index (χ2n) is 9.25. The molecule has 1 heterocycles. The average Bonchev–Trinajstić information content (AvgIpc) is 2.73. The number of hydrogen-bond acceptors (Lipinski definition) is 8. The quantitative estimate of drug-likeness (QED) is 0.342. The van der Waals surface area contributed by atoms with E-state index in [1.54, 1.807) is 34.6 Å². The van der Waals surface area contributed by atoms with Crippen molar-refractivity contribution < 1.29 is 32.7 Å². The fourth-order valence-corrected chi connectivity index (χ4v) is 5.28. The molecule has 0 radical (unpaired) electrons. The van der Waals surface area contributed by atoms with Gasteiger partial charge in [0, 0.05) is 17.5 Å². The van der Waals surface area contributed by atoms with E-state index in [2.05, 4.69) is 5.32 Å². The summed E-state index contributed by atoms with van der Waals surface area (Å²) in [7, 11) is -2.22. The number of methoxy groups -OCH3 is 1. The van der Waals surface area contributed by atoms with Crippen molar-refractivity contribution in [2.75, 3.05) is 20.3 Å². The lowest BCUT2D eigenvalue weighted by atomic mass is 10.0. The van der Waals surface area contributed by atoms with Gasteiger partial charge in [-0.15, -0.1) is 0 Å². The number of carbonyl (C=O) groups is 2. The molecule has 1 aromatic carbocycles. The van der Waals surface area contributed by atoms with Gasteiger partial charge in [-0.1, -0.05) is 0 Å². The van der Waals surface area contributed by atoms with Crippen molar-refractivity contribution in [3.05, 3.63) is 40.6 Å². The van der Waals surface area contributed by atoms with Gasteiger partial charge < -0.3 is 23.8 Å². The van der Waals surface area contributed by atoms with Crippen molar-refractivity contribution in [2.45, 2.75) is 72.7 Å². The van der Waals surface area contributed by atoms with Crippen molar-refractivity contribution in [3.63, 3.8) is 0 Å². The number of carbonyl (C=O) groups excluding carboxylic acids is 2. The number of esters is 1. The number of nitrogens with one attached hydrogen (secondary N) is 1. The second-order valence-corrected chi connectivity index (χ2v) is 11.3. The van der Waals surface area contributed by atoms with Crippen molar-refractivity contribution in [1.82, 2.24) is 10.3 Å². The van der Waals surface area contributed by atoms with Crippen LogP contribution in [0, 0.1) is 13.8 Å². The van der Waals surface area contributed by atoms with Crippen LogP contribution in [0.1, 0.15) is 57.0 Å². The Bertz CT molecular complexity index is 1100. The first-order chi connectivity index (χ1) is 16.3. The van der Waals surface area contributed by atoms with E-state index in [0.717, 1.165) is 22.0 Å². The summed E-state index contributed by atoms with van der Waals surface area (Å²) >= 11 is 0. The molecule has 0 saturated carbocycles. The van der Waals surface area contributed by atoms with Gasteiger partial charge in [-0.25, -0.2) is 9.59 Å². The highest BCUT2D eigenvalue weighted by Crippen LogP contribution is 2.51. The highest BCUT2D eigenvalue weighted by Gasteiger charge is 2.30. The van der Waals surface area contributed by atoms with E-state index < -0.39 is 31.3 Å². The smallest absolute Gasteiger partial charge is 0.408 e. The number of rotatable bonds is 10. The summed E-state index contributed by atoms with van der Waals surface area (Å²) in [5, 5.41) is 3.44. The Morgan fingerprint density at radius 3 is 2.31 bits per heavy atom. The Morgan fingerprint density at radius 1 is 1.14 bits per heavy atom. The van der Waals surface area contributed by atoms with Crippen LogP contribution in [-0.2, 0) is 40.5 Å². The third-order valence-corrected chi connectivity index (χ3v) is 7.22. The summed E-state index contributed by atoms with van der Waals surface area (Å²) in [5.74, 6) is -0.651. The number of alkyl carbamates (subject to hydrolysis) is 1. The van der Waals surface area contributed by atoms with E-state index in [1.807, 2.05) is 32.0 Å². The molecule has 1 atom stereocenters. The molecular formula is C25H37N2O7P. The molecule has 0 fully saturated rings. The first-order valence-corrected chi connectivity index (χ1v) is 13.4. The van der Waals surface area contributed by atoms with Crippen LogP contribution in [0.5, 0.6) is 0 Å². The second kappa shape index (κ2) is 12.0. The maximum atomic E-state index is 13.3. The Morgan fingerprint density at radius 2 is 1.77 bits per heavy atom. The Hall–Kier alpha value is -2.48. The summed E-state index contributed by atoms with van der Waals surface area (Å²) in [6.45, 7) is 13.1. The zero-order valence-corrected chi connectivity index (χ0v) is 22.8. The lowest BCUT2D eigenvalue weighted by molar-refractivity contribution is -0.143. The van der Waals surface area contributed by atoms with Gasteiger partial charge in [0.15, 0.2) is 0 Å². The predicted molar refractivity (Wildman–Crippen MR) is 135 cm³/mol. The lowest BCUT2D eigenvalue weighted by Crippen LogP contribution is -2.45. The van der Waals surface area contributed by atoms with Gasteiger partial charge in [0.25, 0.3) is 0 Å². The molecule has 1 N–H and O–H groups in total. The number of hydrogen-bond donors (Lipinski definition) is 1. The van der Waals surface area contributed by atoms with Crippen LogP contribution in [-0.4, -0.2) is 49.0 Å². The van der Waals surface area contributed by atoms with Crippen LogP contribution in [0.4, 0.5) is 4.79 Å². The van der Waals surface area contributed by atoms with Gasteiger partial charge in [-0.2, -0.15) is 0 Å². The number of fused-ring (bicyclic) bond motifs is 1. The fourth-order valence-electron chi connectivity index (χ4n) is 3.55. The SMILES string of the molecule is CCOP(=O)(Cc1cc2cc([14CH3])c(C)cc2nc1C[C@@H](NC(=O)OC(C)(C)C)C(=O)OC)OCC. The Kier molecular flexibility index (Phi) is 9.84. The molecule has 0 bridgehead atoms. The minimum Gasteiger partial charge on any atom is -0.467 e. The number of benzene rings is 1. The standard InChI is InChI=1S/C25H37N2O7P/c1-9-32-35(30,33-10-2)15-19-13-18-11-16(3)17(4)12-20(18)26-21(19)14-22(23(28)31-8)27-24(29)34-25(5,6)7/h11-13,22H,9-10,14-15H2,1-8H3,(H,27,29)/t22-/m1/s1/i3+2. The number of amides is 1. The zero-order chi connectivity index (χ0) is 26.4. The van der Waals surface area contributed by atoms with Gasteiger partial charge >= 0.3 is 19.7 Å².